The van der Waals surface area contributed by atoms with Crippen molar-refractivity contribution in [2.24, 2.45) is 0 Å². The van der Waals surface area contributed by atoms with Crippen LogP contribution in [0.3, 0.4) is 0 Å². The van der Waals surface area contributed by atoms with Crippen LogP contribution in [0.2, 0.25) is 0 Å². The molecule has 0 amide bonds. The summed E-state index contributed by atoms with van der Waals surface area (Å²) in [5, 5.41) is 3.47. The molecule has 1 N–H and O–H groups in total. The van der Waals surface area contributed by atoms with Crippen molar-refractivity contribution < 1.29 is 0 Å². The van der Waals surface area contributed by atoms with Gasteiger partial charge in [0, 0.05) is 33.2 Å². The molecule has 2 rings (SSSR count). The normalized spacial score (nSPS) is 14.9. The first-order valence-electron chi connectivity index (χ1n) is 6.58. The highest BCUT2D eigenvalue weighted by molar-refractivity contribution is 5.73. The van der Waals surface area contributed by atoms with E-state index >= 15 is 0 Å². The molecule has 0 radical (unpaired) electrons. The van der Waals surface area contributed by atoms with E-state index < -0.39 is 0 Å². The lowest BCUT2D eigenvalue weighted by atomic mass is 10.2. The third kappa shape index (κ3) is 2.91. The summed E-state index contributed by atoms with van der Waals surface area (Å²) in [6, 6.07) is 8.68. The Kier molecular flexibility index (Phi) is 4.26. The summed E-state index contributed by atoms with van der Waals surface area (Å²) >= 11 is 0. The topological polar surface area (TPSA) is 18.5 Å². The van der Waals surface area contributed by atoms with E-state index in [1.165, 1.54) is 17.8 Å². The van der Waals surface area contributed by atoms with Crippen molar-refractivity contribution in [2.75, 3.05) is 49.6 Å². The molecule has 0 saturated heterocycles. The van der Waals surface area contributed by atoms with Gasteiger partial charge in [-0.2, -0.15) is 0 Å². The van der Waals surface area contributed by atoms with Crippen LogP contribution in [0.5, 0.6) is 0 Å². The molecule has 0 aliphatic carbocycles. The van der Waals surface area contributed by atoms with E-state index in [1.807, 2.05) is 0 Å². The minimum Gasteiger partial charge on any atom is -0.371 e. The first-order chi connectivity index (χ1) is 8.33. The number of hydrogen-bond acceptors (Lipinski definition) is 3. The van der Waals surface area contributed by atoms with E-state index in [4.69, 9.17) is 0 Å². The van der Waals surface area contributed by atoms with Crippen molar-refractivity contribution in [3.05, 3.63) is 24.3 Å². The molecule has 0 aromatic heterocycles. The average Bonchev–Trinajstić information content (AvgIpc) is 2.37. The summed E-state index contributed by atoms with van der Waals surface area (Å²) in [5.74, 6) is 0. The molecule has 0 bridgehead atoms. The summed E-state index contributed by atoms with van der Waals surface area (Å²) in [6.07, 6.45) is 1.21. The maximum absolute atomic E-state index is 3.47. The van der Waals surface area contributed by atoms with Gasteiger partial charge >= 0.3 is 0 Å². The van der Waals surface area contributed by atoms with Crippen molar-refractivity contribution >= 4 is 11.4 Å². The summed E-state index contributed by atoms with van der Waals surface area (Å²) in [7, 11) is 2.17. The number of anilines is 2. The predicted molar refractivity (Wildman–Crippen MR) is 75.1 cm³/mol. The van der Waals surface area contributed by atoms with Gasteiger partial charge in [-0.05, 0) is 25.1 Å². The van der Waals surface area contributed by atoms with E-state index in [0.717, 1.165) is 32.7 Å². The van der Waals surface area contributed by atoms with Crippen molar-refractivity contribution in [3.8, 4) is 0 Å². The van der Waals surface area contributed by atoms with Gasteiger partial charge in [-0.25, -0.2) is 0 Å². The zero-order valence-electron chi connectivity index (χ0n) is 10.9. The number of likely N-dealkylation sites (N-methyl/N-ethyl adjacent to an activating group) is 1. The van der Waals surface area contributed by atoms with Gasteiger partial charge in [-0.3, -0.25) is 0 Å². The Morgan fingerprint density at radius 3 is 2.65 bits per heavy atom. The minimum atomic E-state index is 1.08. The summed E-state index contributed by atoms with van der Waals surface area (Å²) < 4.78 is 0. The number of nitrogens with zero attached hydrogens (tertiary/aromatic N) is 2. The molecule has 0 saturated carbocycles. The smallest absolute Gasteiger partial charge is 0.0605 e. The molecule has 1 aromatic carbocycles. The molecule has 0 spiro atoms. The molecule has 3 heteroatoms. The van der Waals surface area contributed by atoms with Crippen molar-refractivity contribution in [1.82, 2.24) is 5.32 Å². The Morgan fingerprint density at radius 1 is 1.12 bits per heavy atom. The second-order valence-corrected chi connectivity index (χ2v) is 4.65. The number of benzene rings is 1. The predicted octanol–water partition coefficient (Wildman–Crippen LogP) is 1.94. The first-order valence-corrected chi connectivity index (χ1v) is 6.58. The van der Waals surface area contributed by atoms with Gasteiger partial charge < -0.3 is 15.1 Å². The van der Waals surface area contributed by atoms with Crippen LogP contribution in [0.25, 0.3) is 0 Å². The third-order valence-corrected chi connectivity index (χ3v) is 3.32. The van der Waals surface area contributed by atoms with Crippen molar-refractivity contribution in [3.63, 3.8) is 0 Å². The lowest BCUT2D eigenvalue weighted by Crippen LogP contribution is -2.42. The third-order valence-electron chi connectivity index (χ3n) is 3.32. The van der Waals surface area contributed by atoms with Crippen LogP contribution in [0.4, 0.5) is 11.4 Å². The lowest BCUT2D eigenvalue weighted by molar-refractivity contribution is 0.639. The van der Waals surface area contributed by atoms with E-state index in [9.17, 15) is 0 Å². The number of rotatable bonds is 5. The first kappa shape index (κ1) is 12.2. The van der Waals surface area contributed by atoms with Crippen molar-refractivity contribution in [2.45, 2.75) is 13.3 Å². The Morgan fingerprint density at radius 2 is 1.88 bits per heavy atom. The van der Waals surface area contributed by atoms with Gasteiger partial charge in [-0.15, -0.1) is 0 Å². The number of nitrogens with one attached hydrogen (secondary N) is 1. The van der Waals surface area contributed by atoms with Crippen LogP contribution in [-0.2, 0) is 0 Å². The number of hydrogen-bond donors (Lipinski definition) is 1. The van der Waals surface area contributed by atoms with E-state index in [0.29, 0.717) is 0 Å². The highest BCUT2D eigenvalue weighted by Crippen LogP contribution is 2.31. The van der Waals surface area contributed by atoms with Crippen LogP contribution in [0, 0.1) is 0 Å². The summed E-state index contributed by atoms with van der Waals surface area (Å²) in [4.78, 5) is 4.82. The fourth-order valence-electron chi connectivity index (χ4n) is 2.31. The highest BCUT2D eigenvalue weighted by atomic mass is 15.3. The van der Waals surface area contributed by atoms with Crippen LogP contribution in [0.15, 0.2) is 24.3 Å². The number of fused-ring (bicyclic) bond motifs is 1. The molecular weight excluding hydrogens is 210 g/mol. The quantitative estimate of drug-likeness (QED) is 0.784. The van der Waals surface area contributed by atoms with Gasteiger partial charge in [0.25, 0.3) is 0 Å². The second kappa shape index (κ2) is 5.92. The van der Waals surface area contributed by atoms with Gasteiger partial charge in [0.15, 0.2) is 0 Å². The highest BCUT2D eigenvalue weighted by Gasteiger charge is 2.18. The van der Waals surface area contributed by atoms with Gasteiger partial charge in [0.1, 0.15) is 0 Å². The molecule has 1 aliphatic heterocycles. The fraction of sp³-hybridized carbons (Fsp3) is 0.571. The summed E-state index contributed by atoms with van der Waals surface area (Å²) in [6.45, 7) is 7.75. The van der Waals surface area contributed by atoms with Gasteiger partial charge in [0.2, 0.25) is 0 Å². The van der Waals surface area contributed by atoms with Gasteiger partial charge in [0.05, 0.1) is 11.4 Å². The molecule has 0 fully saturated rings. The van der Waals surface area contributed by atoms with E-state index in [2.05, 4.69) is 53.4 Å². The molecule has 3 nitrogen and oxygen atoms in total. The molecule has 94 valence electrons. The average molecular weight is 233 g/mol. The Labute approximate surface area is 104 Å². The SMILES string of the molecule is CCCNCCN1CCN(C)c2ccccc21. The van der Waals surface area contributed by atoms with E-state index in [1.54, 1.807) is 0 Å². The van der Waals surface area contributed by atoms with Gasteiger partial charge in [-0.1, -0.05) is 19.1 Å². The summed E-state index contributed by atoms with van der Waals surface area (Å²) in [5.41, 5.74) is 2.73. The Bertz CT molecular complexity index is 351. The molecular formula is C14H23N3. The molecule has 0 unspecified atom stereocenters. The molecule has 1 heterocycles. The van der Waals surface area contributed by atoms with Crippen LogP contribution >= 0.6 is 0 Å². The lowest BCUT2D eigenvalue weighted by Gasteiger charge is -2.37. The molecule has 17 heavy (non-hydrogen) atoms. The van der Waals surface area contributed by atoms with E-state index in [-0.39, 0.29) is 0 Å². The van der Waals surface area contributed by atoms with Crippen LogP contribution < -0.4 is 15.1 Å². The zero-order valence-corrected chi connectivity index (χ0v) is 10.9. The standard InChI is InChI=1S/C14H23N3/c1-3-8-15-9-10-17-12-11-16(2)13-6-4-5-7-14(13)17/h4-7,15H,3,8-12H2,1-2H3. The molecule has 1 aromatic rings. The molecule has 1 aliphatic rings. The van der Waals surface area contributed by atoms with Crippen molar-refractivity contribution in [1.29, 1.82) is 0 Å². The Balaban J connectivity index is 1.98. The second-order valence-electron chi connectivity index (χ2n) is 4.65. The Hall–Kier alpha value is -1.22. The minimum absolute atomic E-state index is 1.08. The zero-order chi connectivity index (χ0) is 12.1. The largest absolute Gasteiger partial charge is 0.371 e. The number of para-hydroxylation sites is 2. The van der Waals surface area contributed by atoms with Crippen LogP contribution in [-0.4, -0.2) is 39.8 Å². The van der Waals surface area contributed by atoms with Crippen LogP contribution in [0.1, 0.15) is 13.3 Å². The monoisotopic (exact) mass is 233 g/mol. The fourth-order valence-corrected chi connectivity index (χ4v) is 2.31. The molecule has 0 atom stereocenters. The maximum Gasteiger partial charge on any atom is 0.0605 e. The maximum atomic E-state index is 3.47.